The summed E-state index contributed by atoms with van der Waals surface area (Å²) in [5.74, 6) is -0.0512. The van der Waals surface area contributed by atoms with Gasteiger partial charge in [0.2, 0.25) is 5.91 Å². The van der Waals surface area contributed by atoms with E-state index in [0.29, 0.717) is 6.54 Å². The molecule has 0 unspecified atom stereocenters. The average molecular weight is 226 g/mol. The van der Waals surface area contributed by atoms with E-state index >= 15 is 0 Å². The number of aryl methyl sites for hydroxylation is 1. The molecule has 15 heavy (non-hydrogen) atoms. The van der Waals surface area contributed by atoms with Gasteiger partial charge in [-0.05, 0) is 30.4 Å². The van der Waals surface area contributed by atoms with Crippen LogP contribution in [0, 0.1) is 6.92 Å². The van der Waals surface area contributed by atoms with Crippen molar-refractivity contribution >= 4 is 17.2 Å². The van der Waals surface area contributed by atoms with Gasteiger partial charge in [0.05, 0.1) is 12.6 Å². The Balaban J connectivity index is 2.37. The summed E-state index contributed by atoms with van der Waals surface area (Å²) in [7, 11) is 0. The van der Waals surface area contributed by atoms with E-state index in [2.05, 4.69) is 11.4 Å². The summed E-state index contributed by atoms with van der Waals surface area (Å²) in [6.45, 7) is 4.67. The molecule has 0 aliphatic rings. The maximum atomic E-state index is 11.5. The first kappa shape index (κ1) is 12.2. The zero-order valence-corrected chi connectivity index (χ0v) is 10.1. The summed E-state index contributed by atoms with van der Waals surface area (Å²) in [6.07, 6.45) is 1.68. The number of hydrogen-bond acceptors (Lipinski definition) is 3. The molecule has 1 rings (SSSR count). The van der Waals surface area contributed by atoms with Crippen LogP contribution in [0.1, 0.15) is 30.2 Å². The van der Waals surface area contributed by atoms with Crippen LogP contribution < -0.4 is 11.1 Å². The van der Waals surface area contributed by atoms with Crippen LogP contribution in [0.2, 0.25) is 0 Å². The van der Waals surface area contributed by atoms with E-state index < -0.39 is 0 Å². The van der Waals surface area contributed by atoms with Crippen LogP contribution in [0.25, 0.3) is 0 Å². The quantitative estimate of drug-likeness (QED) is 0.804. The minimum Gasteiger partial charge on any atom is -0.350 e. The Morgan fingerprint density at radius 1 is 1.67 bits per heavy atom. The Labute approximate surface area is 94.7 Å². The minimum atomic E-state index is -0.365. The van der Waals surface area contributed by atoms with E-state index in [4.69, 9.17) is 5.73 Å². The van der Waals surface area contributed by atoms with Gasteiger partial charge in [0, 0.05) is 4.88 Å². The molecule has 84 valence electrons. The molecule has 0 aromatic carbocycles. The van der Waals surface area contributed by atoms with Crippen molar-refractivity contribution in [3.05, 3.63) is 21.9 Å². The summed E-state index contributed by atoms with van der Waals surface area (Å²) in [4.78, 5) is 12.7. The largest absolute Gasteiger partial charge is 0.350 e. The Kier molecular flexibility index (Phi) is 4.78. The van der Waals surface area contributed by atoms with Gasteiger partial charge in [-0.15, -0.1) is 11.3 Å². The lowest BCUT2D eigenvalue weighted by Gasteiger charge is -2.10. The van der Waals surface area contributed by atoms with Crippen LogP contribution in [0.5, 0.6) is 0 Å². The fraction of sp³-hybridized carbons (Fsp3) is 0.545. The van der Waals surface area contributed by atoms with Crippen molar-refractivity contribution in [2.45, 2.75) is 39.3 Å². The normalized spacial score (nSPS) is 12.5. The molecule has 0 fully saturated rings. The summed E-state index contributed by atoms with van der Waals surface area (Å²) in [5, 5.41) is 4.89. The number of carbonyl (C=O) groups excluding carboxylic acids is 1. The van der Waals surface area contributed by atoms with Crippen LogP contribution in [0.15, 0.2) is 11.4 Å². The second kappa shape index (κ2) is 5.88. The third-order valence-corrected chi connectivity index (χ3v) is 3.35. The summed E-state index contributed by atoms with van der Waals surface area (Å²) < 4.78 is 0. The number of rotatable bonds is 5. The van der Waals surface area contributed by atoms with Crippen LogP contribution >= 0.6 is 11.3 Å². The molecule has 0 aliphatic carbocycles. The molecule has 0 bridgehead atoms. The lowest BCUT2D eigenvalue weighted by Crippen LogP contribution is -2.39. The zero-order chi connectivity index (χ0) is 11.3. The van der Waals surface area contributed by atoms with Gasteiger partial charge in [0.25, 0.3) is 0 Å². The lowest BCUT2D eigenvalue weighted by molar-refractivity contribution is -0.122. The van der Waals surface area contributed by atoms with E-state index in [1.807, 2.05) is 19.2 Å². The predicted octanol–water partition coefficient (Wildman–Crippen LogP) is 1.80. The van der Waals surface area contributed by atoms with Crippen molar-refractivity contribution in [1.29, 1.82) is 0 Å². The molecule has 0 saturated carbocycles. The molecular formula is C11H18N2OS. The molecule has 0 spiro atoms. The molecule has 3 N–H and O–H groups in total. The van der Waals surface area contributed by atoms with Gasteiger partial charge in [0.1, 0.15) is 0 Å². The van der Waals surface area contributed by atoms with Crippen molar-refractivity contribution in [3.63, 3.8) is 0 Å². The summed E-state index contributed by atoms with van der Waals surface area (Å²) in [6, 6.07) is 1.69. The maximum absolute atomic E-state index is 11.5. The summed E-state index contributed by atoms with van der Waals surface area (Å²) in [5.41, 5.74) is 6.92. The molecule has 1 aromatic rings. The second-order valence-electron chi connectivity index (χ2n) is 3.64. The van der Waals surface area contributed by atoms with Gasteiger partial charge in [0.15, 0.2) is 0 Å². The highest BCUT2D eigenvalue weighted by molar-refractivity contribution is 7.10. The van der Waals surface area contributed by atoms with E-state index in [9.17, 15) is 4.79 Å². The smallest absolute Gasteiger partial charge is 0.237 e. The molecule has 4 heteroatoms. The highest BCUT2D eigenvalue weighted by atomic mass is 32.1. The summed E-state index contributed by atoms with van der Waals surface area (Å²) >= 11 is 1.66. The van der Waals surface area contributed by atoms with Crippen LogP contribution in [-0.4, -0.2) is 11.9 Å². The van der Waals surface area contributed by atoms with Crippen molar-refractivity contribution in [2.75, 3.05) is 0 Å². The minimum absolute atomic E-state index is 0.0512. The first-order chi connectivity index (χ1) is 7.15. The fourth-order valence-corrected chi connectivity index (χ4v) is 2.17. The number of nitrogens with one attached hydrogen (secondary N) is 1. The van der Waals surface area contributed by atoms with Crippen molar-refractivity contribution in [3.8, 4) is 0 Å². The number of nitrogens with two attached hydrogens (primary N) is 1. The second-order valence-corrected chi connectivity index (χ2v) is 4.64. The molecule has 0 radical (unpaired) electrons. The van der Waals surface area contributed by atoms with Crippen LogP contribution in [0.3, 0.4) is 0 Å². The first-order valence-electron chi connectivity index (χ1n) is 5.21. The van der Waals surface area contributed by atoms with Gasteiger partial charge in [-0.1, -0.05) is 13.3 Å². The van der Waals surface area contributed by atoms with Crippen molar-refractivity contribution in [2.24, 2.45) is 5.73 Å². The standard InChI is InChI=1S/C11H18N2OS/c1-3-4-9(12)11(14)13-7-10-8(2)5-6-15-10/h5-6,9H,3-4,7,12H2,1-2H3,(H,13,14)/t9-/m0/s1. The van der Waals surface area contributed by atoms with Gasteiger partial charge >= 0.3 is 0 Å². The highest BCUT2D eigenvalue weighted by Crippen LogP contribution is 2.14. The highest BCUT2D eigenvalue weighted by Gasteiger charge is 2.11. The van der Waals surface area contributed by atoms with Crippen molar-refractivity contribution in [1.82, 2.24) is 5.32 Å². The number of hydrogen-bond donors (Lipinski definition) is 2. The average Bonchev–Trinajstić information content (AvgIpc) is 2.61. The van der Waals surface area contributed by atoms with Crippen LogP contribution in [0.4, 0.5) is 0 Å². The molecule has 1 amide bonds. The van der Waals surface area contributed by atoms with Crippen molar-refractivity contribution < 1.29 is 4.79 Å². The van der Waals surface area contributed by atoms with Gasteiger partial charge in [-0.2, -0.15) is 0 Å². The van der Waals surface area contributed by atoms with E-state index in [-0.39, 0.29) is 11.9 Å². The molecule has 3 nitrogen and oxygen atoms in total. The molecule has 1 aromatic heterocycles. The Morgan fingerprint density at radius 3 is 2.93 bits per heavy atom. The molecule has 0 saturated heterocycles. The Morgan fingerprint density at radius 2 is 2.40 bits per heavy atom. The lowest BCUT2D eigenvalue weighted by atomic mass is 10.1. The number of carbonyl (C=O) groups is 1. The SMILES string of the molecule is CCC[C@H](N)C(=O)NCc1sccc1C. The fourth-order valence-electron chi connectivity index (χ4n) is 1.33. The monoisotopic (exact) mass is 226 g/mol. The van der Waals surface area contributed by atoms with Gasteiger partial charge in [-0.25, -0.2) is 0 Å². The molecule has 1 atom stereocenters. The maximum Gasteiger partial charge on any atom is 0.237 e. The van der Waals surface area contributed by atoms with Crippen LogP contribution in [-0.2, 0) is 11.3 Å². The molecular weight excluding hydrogens is 208 g/mol. The van der Waals surface area contributed by atoms with E-state index in [0.717, 1.165) is 12.8 Å². The third kappa shape index (κ3) is 3.64. The van der Waals surface area contributed by atoms with E-state index in [1.54, 1.807) is 11.3 Å². The van der Waals surface area contributed by atoms with Gasteiger partial charge < -0.3 is 11.1 Å². The number of thiophene rings is 1. The first-order valence-corrected chi connectivity index (χ1v) is 6.09. The Bertz CT molecular complexity index is 322. The van der Waals surface area contributed by atoms with Gasteiger partial charge in [-0.3, -0.25) is 4.79 Å². The third-order valence-electron chi connectivity index (χ3n) is 2.33. The topological polar surface area (TPSA) is 55.1 Å². The zero-order valence-electron chi connectivity index (χ0n) is 9.25. The number of amides is 1. The predicted molar refractivity (Wildman–Crippen MR) is 63.8 cm³/mol. The molecule has 1 heterocycles. The molecule has 0 aliphatic heterocycles. The van der Waals surface area contributed by atoms with E-state index in [1.165, 1.54) is 10.4 Å². The Hall–Kier alpha value is -0.870.